The first kappa shape index (κ1) is 12.4. The number of hydrogen-bond acceptors (Lipinski definition) is 2. The molecule has 1 unspecified atom stereocenters. The van der Waals surface area contributed by atoms with Crippen LogP contribution < -0.4 is 5.32 Å². The standard InChI is InChI=1S/C12H21BrN2O/c1-12(2,13)11(16)14-7-9-5-6-15(8-9)10-3-4-10/h9-10H,3-8H2,1-2H3,(H,14,16). The fourth-order valence-electron chi connectivity index (χ4n) is 2.25. The lowest BCUT2D eigenvalue weighted by Gasteiger charge is -2.19. The number of carbonyl (C=O) groups excluding carboxylic acids is 1. The van der Waals surface area contributed by atoms with Crippen LogP contribution in [-0.2, 0) is 4.79 Å². The zero-order valence-electron chi connectivity index (χ0n) is 10.1. The van der Waals surface area contributed by atoms with Crippen molar-refractivity contribution in [3.05, 3.63) is 0 Å². The molecule has 1 aliphatic carbocycles. The minimum absolute atomic E-state index is 0.0948. The van der Waals surface area contributed by atoms with E-state index in [0.717, 1.165) is 12.6 Å². The summed E-state index contributed by atoms with van der Waals surface area (Å²) >= 11 is 3.38. The molecule has 2 aliphatic rings. The van der Waals surface area contributed by atoms with Gasteiger partial charge in [0.25, 0.3) is 0 Å². The molecule has 0 aromatic heterocycles. The number of amides is 1. The van der Waals surface area contributed by atoms with Crippen LogP contribution in [0.1, 0.15) is 33.1 Å². The maximum absolute atomic E-state index is 11.7. The minimum atomic E-state index is -0.443. The van der Waals surface area contributed by atoms with Gasteiger partial charge in [-0.05, 0) is 45.6 Å². The summed E-state index contributed by atoms with van der Waals surface area (Å²) in [5, 5.41) is 3.03. The van der Waals surface area contributed by atoms with Crippen LogP contribution in [0.4, 0.5) is 0 Å². The summed E-state index contributed by atoms with van der Waals surface area (Å²) in [5.74, 6) is 0.747. The molecule has 0 aromatic rings. The highest BCUT2D eigenvalue weighted by molar-refractivity contribution is 9.10. The number of nitrogens with one attached hydrogen (secondary N) is 1. The minimum Gasteiger partial charge on any atom is -0.355 e. The third-order valence-corrected chi connectivity index (χ3v) is 3.83. The number of alkyl halides is 1. The van der Waals surface area contributed by atoms with E-state index in [-0.39, 0.29) is 5.91 Å². The lowest BCUT2D eigenvalue weighted by Crippen LogP contribution is -2.40. The smallest absolute Gasteiger partial charge is 0.236 e. The molecule has 1 heterocycles. The Kier molecular flexibility index (Phi) is 3.59. The Morgan fingerprint density at radius 2 is 2.12 bits per heavy atom. The van der Waals surface area contributed by atoms with Crippen LogP contribution >= 0.6 is 15.9 Å². The number of nitrogens with zero attached hydrogens (tertiary/aromatic N) is 1. The average Bonchev–Trinajstić information content (AvgIpc) is 2.94. The highest BCUT2D eigenvalue weighted by Gasteiger charge is 2.34. The number of likely N-dealkylation sites (tertiary alicyclic amines) is 1. The van der Waals surface area contributed by atoms with Crippen molar-refractivity contribution >= 4 is 21.8 Å². The Bertz CT molecular complexity index is 271. The van der Waals surface area contributed by atoms with E-state index in [4.69, 9.17) is 0 Å². The number of halogens is 1. The Morgan fingerprint density at radius 3 is 2.69 bits per heavy atom. The van der Waals surface area contributed by atoms with Gasteiger partial charge in [0.1, 0.15) is 0 Å². The van der Waals surface area contributed by atoms with Gasteiger partial charge in [-0.2, -0.15) is 0 Å². The Hall–Kier alpha value is -0.0900. The lowest BCUT2D eigenvalue weighted by molar-refractivity contribution is -0.122. The van der Waals surface area contributed by atoms with Gasteiger partial charge in [0, 0.05) is 19.1 Å². The summed E-state index contributed by atoms with van der Waals surface area (Å²) in [4.78, 5) is 14.3. The van der Waals surface area contributed by atoms with Crippen molar-refractivity contribution in [3.63, 3.8) is 0 Å². The van der Waals surface area contributed by atoms with Crippen LogP contribution in [0.2, 0.25) is 0 Å². The number of rotatable bonds is 4. The van der Waals surface area contributed by atoms with Crippen molar-refractivity contribution in [2.75, 3.05) is 19.6 Å². The van der Waals surface area contributed by atoms with Gasteiger partial charge in [-0.25, -0.2) is 0 Å². The molecule has 1 N–H and O–H groups in total. The molecule has 2 rings (SSSR count). The SMILES string of the molecule is CC(C)(Br)C(=O)NCC1CCN(C2CC2)C1. The van der Waals surface area contributed by atoms with E-state index in [1.807, 2.05) is 13.8 Å². The summed E-state index contributed by atoms with van der Waals surface area (Å²) < 4.78 is -0.443. The molecule has 3 nitrogen and oxygen atoms in total. The maximum atomic E-state index is 11.7. The fourth-order valence-corrected chi connectivity index (χ4v) is 2.39. The van der Waals surface area contributed by atoms with Gasteiger partial charge in [0.15, 0.2) is 0 Å². The van der Waals surface area contributed by atoms with Crippen molar-refractivity contribution in [1.82, 2.24) is 10.2 Å². The zero-order chi connectivity index (χ0) is 11.8. The second kappa shape index (κ2) is 4.65. The summed E-state index contributed by atoms with van der Waals surface area (Å²) in [6.45, 7) is 6.99. The Morgan fingerprint density at radius 1 is 1.44 bits per heavy atom. The molecule has 2 fully saturated rings. The first-order valence-corrected chi connectivity index (χ1v) is 6.97. The quantitative estimate of drug-likeness (QED) is 0.800. The predicted octanol–water partition coefficient (Wildman–Crippen LogP) is 1.76. The molecule has 1 atom stereocenters. The van der Waals surface area contributed by atoms with E-state index in [9.17, 15) is 4.79 Å². The normalized spacial score (nSPS) is 27.1. The lowest BCUT2D eigenvalue weighted by atomic mass is 10.1. The third kappa shape index (κ3) is 3.20. The van der Waals surface area contributed by atoms with Crippen molar-refractivity contribution in [2.45, 2.75) is 43.5 Å². The van der Waals surface area contributed by atoms with Gasteiger partial charge in [0.05, 0.1) is 4.32 Å². The molecule has 4 heteroatoms. The number of carbonyl (C=O) groups is 1. The second-order valence-electron chi connectivity index (χ2n) is 5.56. The topological polar surface area (TPSA) is 32.3 Å². The van der Waals surface area contributed by atoms with Gasteiger partial charge in [-0.15, -0.1) is 0 Å². The van der Waals surface area contributed by atoms with Crippen molar-refractivity contribution in [3.8, 4) is 0 Å². The van der Waals surface area contributed by atoms with Gasteiger partial charge in [-0.1, -0.05) is 15.9 Å². The summed E-state index contributed by atoms with van der Waals surface area (Å²) in [5.41, 5.74) is 0. The van der Waals surface area contributed by atoms with Crippen LogP contribution in [0.25, 0.3) is 0 Å². The van der Waals surface area contributed by atoms with Gasteiger partial charge in [0.2, 0.25) is 5.91 Å². The predicted molar refractivity (Wildman–Crippen MR) is 68.7 cm³/mol. The van der Waals surface area contributed by atoms with Gasteiger partial charge in [-0.3, -0.25) is 4.79 Å². The highest BCUT2D eigenvalue weighted by Crippen LogP contribution is 2.31. The molecule has 1 saturated heterocycles. The van der Waals surface area contributed by atoms with Crippen molar-refractivity contribution in [1.29, 1.82) is 0 Å². The van der Waals surface area contributed by atoms with E-state index in [2.05, 4.69) is 26.1 Å². The van der Waals surface area contributed by atoms with E-state index >= 15 is 0 Å². The van der Waals surface area contributed by atoms with Crippen LogP contribution in [-0.4, -0.2) is 40.8 Å². The van der Waals surface area contributed by atoms with Gasteiger partial charge >= 0.3 is 0 Å². The van der Waals surface area contributed by atoms with E-state index in [1.165, 1.54) is 32.4 Å². The first-order valence-electron chi connectivity index (χ1n) is 6.18. The van der Waals surface area contributed by atoms with Crippen LogP contribution in [0.5, 0.6) is 0 Å². The molecule has 1 saturated carbocycles. The highest BCUT2D eigenvalue weighted by atomic mass is 79.9. The summed E-state index contributed by atoms with van der Waals surface area (Å²) in [7, 11) is 0. The van der Waals surface area contributed by atoms with Crippen LogP contribution in [0.3, 0.4) is 0 Å². The van der Waals surface area contributed by atoms with E-state index in [0.29, 0.717) is 5.92 Å². The fraction of sp³-hybridized carbons (Fsp3) is 0.917. The van der Waals surface area contributed by atoms with Crippen molar-refractivity contribution in [2.24, 2.45) is 5.92 Å². The average molecular weight is 289 g/mol. The molecule has 0 spiro atoms. The maximum Gasteiger partial charge on any atom is 0.236 e. The molecule has 0 radical (unpaired) electrons. The molecule has 1 amide bonds. The number of hydrogen-bond donors (Lipinski definition) is 1. The van der Waals surface area contributed by atoms with E-state index in [1.54, 1.807) is 0 Å². The van der Waals surface area contributed by atoms with Gasteiger partial charge < -0.3 is 10.2 Å². The molecule has 1 aliphatic heterocycles. The third-order valence-electron chi connectivity index (χ3n) is 3.47. The molecule has 92 valence electrons. The molecule has 16 heavy (non-hydrogen) atoms. The summed E-state index contributed by atoms with van der Waals surface area (Å²) in [6, 6.07) is 0.869. The van der Waals surface area contributed by atoms with Crippen LogP contribution in [0, 0.1) is 5.92 Å². The monoisotopic (exact) mass is 288 g/mol. The van der Waals surface area contributed by atoms with E-state index < -0.39 is 4.32 Å². The Labute approximate surface area is 106 Å². The Balaban J connectivity index is 1.69. The largest absolute Gasteiger partial charge is 0.355 e. The molecular weight excluding hydrogens is 268 g/mol. The second-order valence-corrected chi connectivity index (χ2v) is 7.55. The molecule has 0 aromatic carbocycles. The first-order chi connectivity index (χ1) is 7.47. The van der Waals surface area contributed by atoms with Crippen molar-refractivity contribution < 1.29 is 4.79 Å². The zero-order valence-corrected chi connectivity index (χ0v) is 11.7. The molecular formula is C12H21BrN2O. The van der Waals surface area contributed by atoms with Crippen LogP contribution in [0.15, 0.2) is 0 Å². The molecule has 0 bridgehead atoms. The summed E-state index contributed by atoms with van der Waals surface area (Å²) in [6.07, 6.45) is 4.00.